The van der Waals surface area contributed by atoms with Gasteiger partial charge in [0, 0.05) is 32.6 Å². The number of carbonyl (C=O) groups is 2. The van der Waals surface area contributed by atoms with Crippen molar-refractivity contribution in [3.8, 4) is 0 Å². The minimum atomic E-state index is -0.419. The molecule has 1 heterocycles. The fourth-order valence-electron chi connectivity index (χ4n) is 2.89. The minimum Gasteiger partial charge on any atom is -0.341 e. The highest BCUT2D eigenvalue weighted by Crippen LogP contribution is 2.20. The third kappa shape index (κ3) is 4.99. The summed E-state index contributed by atoms with van der Waals surface area (Å²) in [6.45, 7) is 11.9. The highest BCUT2D eigenvalue weighted by atomic mass is 16.2. The largest absolute Gasteiger partial charge is 0.341 e. The number of piperidine rings is 1. The molecular formula is C16H31N3O2. The SMILES string of the molecule is CC(=O)N(CC1CCCN(C(=O)[C@@H](N)C(C)C)C1)C(C)C. The third-order valence-electron chi connectivity index (χ3n) is 4.32. The van der Waals surface area contributed by atoms with E-state index >= 15 is 0 Å². The van der Waals surface area contributed by atoms with E-state index in [0.29, 0.717) is 5.92 Å². The zero-order chi connectivity index (χ0) is 16.2. The first-order chi connectivity index (χ1) is 9.73. The predicted octanol–water partition coefficient (Wildman–Crippen LogP) is 1.47. The summed E-state index contributed by atoms with van der Waals surface area (Å²) in [5, 5.41) is 0. The highest BCUT2D eigenvalue weighted by molar-refractivity contribution is 5.82. The van der Waals surface area contributed by atoms with Crippen LogP contribution in [0, 0.1) is 11.8 Å². The van der Waals surface area contributed by atoms with Crippen LogP contribution in [0.3, 0.4) is 0 Å². The van der Waals surface area contributed by atoms with Crippen molar-refractivity contribution in [1.82, 2.24) is 9.80 Å². The lowest BCUT2D eigenvalue weighted by Gasteiger charge is -2.38. The number of carbonyl (C=O) groups excluding carboxylic acids is 2. The Morgan fingerprint density at radius 3 is 2.38 bits per heavy atom. The fraction of sp³-hybridized carbons (Fsp3) is 0.875. The zero-order valence-corrected chi connectivity index (χ0v) is 14.1. The van der Waals surface area contributed by atoms with Crippen molar-refractivity contribution >= 4 is 11.8 Å². The summed E-state index contributed by atoms with van der Waals surface area (Å²) >= 11 is 0. The molecule has 0 bridgehead atoms. The molecule has 0 aliphatic carbocycles. The summed E-state index contributed by atoms with van der Waals surface area (Å²) in [4.78, 5) is 27.8. The Hall–Kier alpha value is -1.10. The van der Waals surface area contributed by atoms with Gasteiger partial charge in [-0.1, -0.05) is 13.8 Å². The van der Waals surface area contributed by atoms with Gasteiger partial charge in [0.05, 0.1) is 6.04 Å². The summed E-state index contributed by atoms with van der Waals surface area (Å²) in [7, 11) is 0. The van der Waals surface area contributed by atoms with Crippen molar-refractivity contribution in [3.05, 3.63) is 0 Å². The lowest BCUT2D eigenvalue weighted by atomic mass is 9.95. The van der Waals surface area contributed by atoms with E-state index in [9.17, 15) is 9.59 Å². The number of likely N-dealkylation sites (tertiary alicyclic amines) is 1. The first-order valence-corrected chi connectivity index (χ1v) is 8.05. The number of hydrogen-bond donors (Lipinski definition) is 1. The van der Waals surface area contributed by atoms with Crippen LogP contribution in [0.5, 0.6) is 0 Å². The van der Waals surface area contributed by atoms with Crippen LogP contribution < -0.4 is 5.73 Å². The van der Waals surface area contributed by atoms with Gasteiger partial charge in [-0.05, 0) is 38.5 Å². The molecule has 0 saturated carbocycles. The summed E-state index contributed by atoms with van der Waals surface area (Å²) in [5.74, 6) is 0.663. The van der Waals surface area contributed by atoms with Crippen LogP contribution in [0.25, 0.3) is 0 Å². The molecule has 2 N–H and O–H groups in total. The van der Waals surface area contributed by atoms with Crippen molar-refractivity contribution in [2.24, 2.45) is 17.6 Å². The second kappa shape index (κ2) is 7.78. The molecule has 0 aromatic heterocycles. The summed E-state index contributed by atoms with van der Waals surface area (Å²) in [5.41, 5.74) is 5.98. The molecule has 0 spiro atoms. The van der Waals surface area contributed by atoms with E-state index in [1.54, 1.807) is 6.92 Å². The Morgan fingerprint density at radius 1 is 1.29 bits per heavy atom. The number of nitrogens with two attached hydrogens (primary N) is 1. The van der Waals surface area contributed by atoms with Crippen molar-refractivity contribution in [3.63, 3.8) is 0 Å². The van der Waals surface area contributed by atoms with Gasteiger partial charge >= 0.3 is 0 Å². The number of rotatable bonds is 5. The summed E-state index contributed by atoms with van der Waals surface area (Å²) in [6, 6.07) is -0.218. The average Bonchev–Trinajstić information content (AvgIpc) is 2.42. The van der Waals surface area contributed by atoms with Crippen molar-refractivity contribution in [2.45, 2.75) is 59.5 Å². The highest BCUT2D eigenvalue weighted by Gasteiger charge is 2.30. The van der Waals surface area contributed by atoms with E-state index in [4.69, 9.17) is 5.73 Å². The molecule has 0 aromatic carbocycles. The number of hydrogen-bond acceptors (Lipinski definition) is 3. The molecule has 21 heavy (non-hydrogen) atoms. The molecule has 5 heteroatoms. The molecule has 0 aromatic rings. The molecule has 1 aliphatic heterocycles. The topological polar surface area (TPSA) is 66.6 Å². The van der Waals surface area contributed by atoms with Crippen LogP contribution in [-0.2, 0) is 9.59 Å². The fourth-order valence-corrected chi connectivity index (χ4v) is 2.89. The maximum Gasteiger partial charge on any atom is 0.239 e. The van der Waals surface area contributed by atoms with Gasteiger partial charge in [-0.25, -0.2) is 0 Å². The molecule has 1 saturated heterocycles. The van der Waals surface area contributed by atoms with Gasteiger partial charge in [0.2, 0.25) is 11.8 Å². The maximum atomic E-state index is 12.4. The number of nitrogens with zero attached hydrogens (tertiary/aromatic N) is 2. The van der Waals surface area contributed by atoms with Crippen LogP contribution in [0.2, 0.25) is 0 Å². The second-order valence-corrected chi connectivity index (χ2v) is 6.83. The first kappa shape index (κ1) is 18.0. The second-order valence-electron chi connectivity index (χ2n) is 6.83. The average molecular weight is 297 g/mol. The molecule has 1 rings (SSSR count). The van der Waals surface area contributed by atoms with E-state index < -0.39 is 6.04 Å². The molecule has 1 aliphatic rings. The van der Waals surface area contributed by atoms with Crippen LogP contribution >= 0.6 is 0 Å². The van der Waals surface area contributed by atoms with Gasteiger partial charge in [-0.2, -0.15) is 0 Å². The Morgan fingerprint density at radius 2 is 1.90 bits per heavy atom. The third-order valence-corrected chi connectivity index (χ3v) is 4.32. The predicted molar refractivity (Wildman–Crippen MR) is 84.6 cm³/mol. The molecule has 1 fully saturated rings. The van der Waals surface area contributed by atoms with Crippen LogP contribution in [0.4, 0.5) is 0 Å². The monoisotopic (exact) mass is 297 g/mol. The van der Waals surface area contributed by atoms with Crippen LogP contribution in [0.15, 0.2) is 0 Å². The molecular weight excluding hydrogens is 266 g/mol. The number of amides is 2. The molecule has 0 radical (unpaired) electrons. The van der Waals surface area contributed by atoms with Gasteiger partial charge in [0.1, 0.15) is 0 Å². The quantitative estimate of drug-likeness (QED) is 0.835. The molecule has 1 unspecified atom stereocenters. The van der Waals surface area contributed by atoms with Gasteiger partial charge in [0.25, 0.3) is 0 Å². The van der Waals surface area contributed by atoms with Crippen LogP contribution in [0.1, 0.15) is 47.5 Å². The van der Waals surface area contributed by atoms with Crippen molar-refractivity contribution < 1.29 is 9.59 Å². The van der Waals surface area contributed by atoms with Crippen molar-refractivity contribution in [2.75, 3.05) is 19.6 Å². The van der Waals surface area contributed by atoms with Crippen LogP contribution in [-0.4, -0.2) is 53.3 Å². The van der Waals surface area contributed by atoms with Gasteiger partial charge < -0.3 is 15.5 Å². The van der Waals surface area contributed by atoms with E-state index in [2.05, 4.69) is 0 Å². The molecule has 2 atom stereocenters. The molecule has 5 nitrogen and oxygen atoms in total. The van der Waals surface area contributed by atoms with Crippen molar-refractivity contribution in [1.29, 1.82) is 0 Å². The Labute approximate surface area is 128 Å². The van der Waals surface area contributed by atoms with E-state index in [1.807, 2.05) is 37.5 Å². The van der Waals surface area contributed by atoms with Gasteiger partial charge in [-0.3, -0.25) is 9.59 Å². The van der Waals surface area contributed by atoms with E-state index in [0.717, 1.165) is 32.5 Å². The van der Waals surface area contributed by atoms with Gasteiger partial charge in [0.15, 0.2) is 0 Å². The maximum absolute atomic E-state index is 12.4. The Balaban J connectivity index is 2.63. The van der Waals surface area contributed by atoms with E-state index in [1.165, 1.54) is 0 Å². The smallest absolute Gasteiger partial charge is 0.239 e. The summed E-state index contributed by atoms with van der Waals surface area (Å²) < 4.78 is 0. The zero-order valence-electron chi connectivity index (χ0n) is 14.1. The standard InChI is InChI=1S/C16H31N3O2/c1-11(2)15(17)16(21)18-8-6-7-14(9-18)10-19(12(3)4)13(5)20/h11-12,14-15H,6-10,17H2,1-5H3/t14?,15-/m0/s1. The lowest BCUT2D eigenvalue weighted by molar-refractivity contribution is -0.136. The van der Waals surface area contributed by atoms with Gasteiger partial charge in [-0.15, -0.1) is 0 Å². The Kier molecular flexibility index (Phi) is 6.65. The lowest BCUT2D eigenvalue weighted by Crippen LogP contribution is -2.52. The minimum absolute atomic E-state index is 0.0496. The Bertz CT molecular complexity index is 369. The van der Waals surface area contributed by atoms with E-state index in [-0.39, 0.29) is 23.8 Å². The molecule has 2 amide bonds. The summed E-state index contributed by atoms with van der Waals surface area (Å²) in [6.07, 6.45) is 2.06. The normalized spacial score (nSPS) is 20.8. The first-order valence-electron chi connectivity index (χ1n) is 8.05. The molecule has 122 valence electrons.